The molecule has 0 fully saturated rings. The summed E-state index contributed by atoms with van der Waals surface area (Å²) in [7, 11) is -4.48. The lowest BCUT2D eigenvalue weighted by Crippen LogP contribution is -2.58. The summed E-state index contributed by atoms with van der Waals surface area (Å²) in [6.45, 7) is 29.9. The maximum Gasteiger partial charge on any atom is 0.439 e. The second-order valence-electron chi connectivity index (χ2n) is 10.6. The Balaban J connectivity index is 6.32. The van der Waals surface area contributed by atoms with Crippen molar-refractivity contribution < 1.29 is 8.69 Å². The highest BCUT2D eigenvalue weighted by Crippen LogP contribution is 2.47. The quantitative estimate of drug-likeness (QED) is 0.296. The first-order valence-electron chi connectivity index (χ1n) is 11.4. The number of hydrogen-bond acceptors (Lipinski definition) is 3. The Kier molecular flexibility index (Phi) is 11.3. The van der Waals surface area contributed by atoms with Crippen molar-refractivity contribution in [3.63, 3.8) is 0 Å². The van der Waals surface area contributed by atoms with Crippen LogP contribution in [0.4, 0.5) is 0 Å². The number of nitrogens with zero attached hydrogens (tertiary/aromatic N) is 1. The minimum atomic E-state index is -2.10. The molecule has 0 saturated heterocycles. The molecular weight excluding hydrogens is 377 g/mol. The summed E-state index contributed by atoms with van der Waals surface area (Å²) in [4.78, 5) is 0. The third-order valence-electron chi connectivity index (χ3n) is 6.93. The predicted molar refractivity (Wildman–Crippen MR) is 130 cm³/mol. The third kappa shape index (κ3) is 5.74. The average Bonchev–Trinajstić information content (AvgIpc) is 2.53. The fraction of sp³-hybridized carbons (Fsp3) is 0.955. The van der Waals surface area contributed by atoms with Gasteiger partial charge in [-0.2, -0.15) is 5.26 Å². The van der Waals surface area contributed by atoms with Crippen LogP contribution in [0.15, 0.2) is 0 Å². The van der Waals surface area contributed by atoms with Gasteiger partial charge < -0.3 is 8.69 Å². The van der Waals surface area contributed by atoms with Crippen LogP contribution in [0.5, 0.6) is 0 Å². The summed E-state index contributed by atoms with van der Waals surface area (Å²) >= 11 is 0. The van der Waals surface area contributed by atoms with Gasteiger partial charge in [0.05, 0.1) is 6.07 Å². The van der Waals surface area contributed by atoms with Crippen LogP contribution < -0.4 is 0 Å². The molecule has 0 rings (SSSR count). The molecule has 164 valence electrons. The number of rotatable bonds is 12. The lowest BCUT2D eigenvalue weighted by atomic mass is 9.72. The van der Waals surface area contributed by atoms with Crippen LogP contribution in [0.2, 0.25) is 39.1 Å². The van der Waals surface area contributed by atoms with E-state index in [1.165, 1.54) is 0 Å². The molecule has 0 aliphatic rings. The van der Waals surface area contributed by atoms with E-state index in [9.17, 15) is 5.26 Å². The normalized spacial score (nSPS) is 14.6. The van der Waals surface area contributed by atoms with E-state index in [0.29, 0.717) is 39.7 Å². The van der Waals surface area contributed by atoms with Crippen LogP contribution in [-0.2, 0) is 8.69 Å². The van der Waals surface area contributed by atoms with E-state index in [0.717, 1.165) is 0 Å². The third-order valence-corrected chi connectivity index (χ3v) is 19.0. The summed E-state index contributed by atoms with van der Waals surface area (Å²) in [5.41, 5.74) is 3.01. The first-order valence-corrected chi connectivity index (χ1v) is 15.7. The molecule has 1 atom stereocenters. The van der Waals surface area contributed by atoms with Gasteiger partial charge in [0.25, 0.3) is 0 Å². The van der Waals surface area contributed by atoms with Gasteiger partial charge in [-0.3, -0.25) is 0 Å². The largest absolute Gasteiger partial charge is 0.453 e. The molecule has 0 aliphatic heterocycles. The van der Waals surface area contributed by atoms with Gasteiger partial charge in [0, 0.05) is 12.2 Å². The molecule has 0 bridgehead atoms. The first-order chi connectivity index (χ1) is 12.7. The molecule has 0 aromatic rings. The van der Waals surface area contributed by atoms with Gasteiger partial charge in [0.1, 0.15) is 0 Å². The SMILES string of the molecule is CC(CC#N)B(O[Si](C(C)C)(C(C)C)C(C)C)O[Si](C(C)C)(C(C)C)C(C)C. The molecule has 0 amide bonds. The Morgan fingerprint density at radius 1 is 0.607 bits per heavy atom. The molecule has 0 aliphatic carbocycles. The first kappa shape index (κ1) is 27.9. The summed E-state index contributed by atoms with van der Waals surface area (Å²) < 4.78 is 14.3. The zero-order valence-electron chi connectivity index (χ0n) is 21.1. The molecule has 28 heavy (non-hydrogen) atoms. The number of hydrogen-bond donors (Lipinski definition) is 0. The van der Waals surface area contributed by atoms with Gasteiger partial charge in [0.15, 0.2) is 16.6 Å². The predicted octanol–water partition coefficient (Wildman–Crippen LogP) is 8.16. The lowest BCUT2D eigenvalue weighted by molar-refractivity contribution is 0.352. The van der Waals surface area contributed by atoms with Gasteiger partial charge in [0.2, 0.25) is 0 Å². The minimum absolute atomic E-state index is 0.0799. The van der Waals surface area contributed by atoms with Crippen LogP contribution in [0.1, 0.15) is 96.4 Å². The minimum Gasteiger partial charge on any atom is -0.453 e. The van der Waals surface area contributed by atoms with Crippen molar-refractivity contribution in [3.8, 4) is 6.07 Å². The van der Waals surface area contributed by atoms with Gasteiger partial charge in [-0.25, -0.2) is 0 Å². The van der Waals surface area contributed by atoms with Crippen LogP contribution >= 0.6 is 0 Å². The van der Waals surface area contributed by atoms with Crippen molar-refractivity contribution in [1.82, 2.24) is 0 Å². The molecule has 0 N–H and O–H groups in total. The summed E-state index contributed by atoms with van der Waals surface area (Å²) in [5.74, 6) is 0.0799. The number of nitriles is 1. The Bertz CT molecular complexity index is 424. The summed E-state index contributed by atoms with van der Waals surface area (Å²) in [5, 5.41) is 9.40. The van der Waals surface area contributed by atoms with E-state index < -0.39 is 16.6 Å². The smallest absolute Gasteiger partial charge is 0.439 e. The highest BCUT2D eigenvalue weighted by atomic mass is 28.4. The van der Waals surface area contributed by atoms with E-state index in [4.69, 9.17) is 8.69 Å². The zero-order valence-corrected chi connectivity index (χ0v) is 23.1. The van der Waals surface area contributed by atoms with Crippen molar-refractivity contribution in [2.45, 2.75) is 135 Å². The Labute approximate surface area is 179 Å². The molecular formula is C22H48BNO2Si2. The molecule has 0 radical (unpaired) electrons. The standard InChI is InChI=1S/C22H48BNO2Si2/c1-16(2)27(17(3)4,18(5)6)25-23(22(13)14-15-24)26-28(19(7)8,20(9)10)21(11)12/h16-22H,14H2,1-13H3. The van der Waals surface area contributed by atoms with Gasteiger partial charge in [-0.05, 0) is 33.2 Å². The Hall–Kier alpha value is -0.0913. The van der Waals surface area contributed by atoms with Gasteiger partial charge in [-0.15, -0.1) is 0 Å². The van der Waals surface area contributed by atoms with E-state index in [-0.39, 0.29) is 12.9 Å². The molecule has 3 nitrogen and oxygen atoms in total. The fourth-order valence-corrected chi connectivity index (χ4v) is 16.8. The molecule has 0 spiro atoms. The van der Waals surface area contributed by atoms with Gasteiger partial charge in [-0.1, -0.05) is 90.0 Å². The van der Waals surface area contributed by atoms with Crippen LogP contribution in [-0.4, -0.2) is 23.8 Å². The molecule has 6 heteroatoms. The maximum atomic E-state index is 9.40. The summed E-state index contributed by atoms with van der Waals surface area (Å²) in [6, 6.07) is 2.37. The van der Waals surface area contributed by atoms with Crippen LogP contribution in [0, 0.1) is 11.3 Å². The van der Waals surface area contributed by atoms with E-state index >= 15 is 0 Å². The van der Waals surface area contributed by atoms with Crippen molar-refractivity contribution in [3.05, 3.63) is 0 Å². The van der Waals surface area contributed by atoms with Crippen LogP contribution in [0.25, 0.3) is 0 Å². The average molecular weight is 426 g/mol. The maximum absolute atomic E-state index is 9.40. The zero-order chi connectivity index (χ0) is 22.4. The van der Waals surface area contributed by atoms with E-state index in [1.807, 2.05) is 0 Å². The highest BCUT2D eigenvalue weighted by Gasteiger charge is 2.53. The highest BCUT2D eigenvalue weighted by molar-refractivity contribution is 6.87. The Morgan fingerprint density at radius 2 is 0.857 bits per heavy atom. The summed E-state index contributed by atoms with van der Waals surface area (Å²) in [6.07, 6.45) is 0.474. The Morgan fingerprint density at radius 3 is 1.04 bits per heavy atom. The second-order valence-corrected chi connectivity index (χ2v) is 21.4. The molecule has 1 unspecified atom stereocenters. The molecule has 0 heterocycles. The van der Waals surface area contributed by atoms with E-state index in [1.54, 1.807) is 0 Å². The molecule has 0 saturated carbocycles. The van der Waals surface area contributed by atoms with Crippen molar-refractivity contribution in [1.29, 1.82) is 5.26 Å². The van der Waals surface area contributed by atoms with Gasteiger partial charge >= 0.3 is 7.12 Å². The fourth-order valence-electron chi connectivity index (χ4n) is 5.72. The van der Waals surface area contributed by atoms with Crippen molar-refractivity contribution in [2.75, 3.05) is 0 Å². The second kappa shape index (κ2) is 11.3. The van der Waals surface area contributed by atoms with Crippen LogP contribution in [0.3, 0.4) is 0 Å². The molecule has 0 aromatic carbocycles. The lowest BCUT2D eigenvalue weighted by Gasteiger charge is -2.49. The molecule has 0 aromatic heterocycles. The topological polar surface area (TPSA) is 42.2 Å². The van der Waals surface area contributed by atoms with Crippen molar-refractivity contribution >= 4 is 23.8 Å². The van der Waals surface area contributed by atoms with E-state index in [2.05, 4.69) is 96.1 Å². The monoisotopic (exact) mass is 425 g/mol. The van der Waals surface area contributed by atoms with Crippen molar-refractivity contribution in [2.24, 2.45) is 0 Å².